The van der Waals surface area contributed by atoms with E-state index in [9.17, 15) is 9.90 Å². The fourth-order valence-corrected chi connectivity index (χ4v) is 2.94. The van der Waals surface area contributed by atoms with Crippen LogP contribution in [0.15, 0.2) is 6.20 Å². The van der Waals surface area contributed by atoms with E-state index in [0.717, 1.165) is 5.69 Å². The molecule has 18 heavy (non-hydrogen) atoms. The van der Waals surface area contributed by atoms with Gasteiger partial charge in [-0.15, -0.1) is 0 Å². The van der Waals surface area contributed by atoms with Crippen LogP contribution in [0.25, 0.3) is 0 Å². The number of aliphatic hydroxyl groups is 1. The first-order chi connectivity index (χ1) is 8.66. The molecule has 0 spiro atoms. The van der Waals surface area contributed by atoms with Crippen LogP contribution in [-0.4, -0.2) is 44.9 Å². The van der Waals surface area contributed by atoms with E-state index in [1.54, 1.807) is 11.1 Å². The van der Waals surface area contributed by atoms with E-state index < -0.39 is 0 Å². The number of hydrogen-bond acceptors (Lipinski definition) is 3. The average Bonchev–Trinajstić information content (AvgIpc) is 2.92. The van der Waals surface area contributed by atoms with Gasteiger partial charge in [0, 0.05) is 18.8 Å². The highest BCUT2D eigenvalue weighted by atomic mass is 16.3. The minimum absolute atomic E-state index is 0.00190. The number of carbonyl (C=O) groups is 1. The molecule has 5 heteroatoms. The van der Waals surface area contributed by atoms with Gasteiger partial charge >= 0.3 is 0 Å². The molecule has 2 fully saturated rings. The normalized spacial score (nSPS) is 21.3. The Morgan fingerprint density at radius 2 is 2.06 bits per heavy atom. The van der Waals surface area contributed by atoms with Crippen LogP contribution in [0.4, 0.5) is 0 Å². The van der Waals surface area contributed by atoms with Crippen molar-refractivity contribution in [3.8, 4) is 0 Å². The summed E-state index contributed by atoms with van der Waals surface area (Å²) in [5, 5.41) is 13.6. The van der Waals surface area contributed by atoms with E-state index in [4.69, 9.17) is 0 Å². The van der Waals surface area contributed by atoms with E-state index in [1.165, 1.54) is 25.7 Å². The summed E-state index contributed by atoms with van der Waals surface area (Å²) in [6.07, 6.45) is 6.17. The second kappa shape index (κ2) is 4.39. The maximum absolute atomic E-state index is 12.2. The molecule has 1 aromatic rings. The van der Waals surface area contributed by atoms with Crippen LogP contribution in [-0.2, 0) is 0 Å². The standard InChI is InChI=1S/C13H19N3O2/c1-9-12(13(18)15-7-11(17)8-15)6-14-16(9)10-4-2-3-5-10/h6,10-11,17H,2-5,7-8H2,1H3. The summed E-state index contributed by atoms with van der Waals surface area (Å²) in [6, 6.07) is 0.466. The molecule has 1 N–H and O–H groups in total. The molecule has 0 atom stereocenters. The van der Waals surface area contributed by atoms with Crippen molar-refractivity contribution in [2.75, 3.05) is 13.1 Å². The Morgan fingerprint density at radius 1 is 1.39 bits per heavy atom. The van der Waals surface area contributed by atoms with E-state index >= 15 is 0 Å². The molecule has 5 nitrogen and oxygen atoms in total. The van der Waals surface area contributed by atoms with Crippen molar-refractivity contribution in [3.63, 3.8) is 0 Å². The van der Waals surface area contributed by atoms with Gasteiger partial charge in [0.2, 0.25) is 0 Å². The maximum Gasteiger partial charge on any atom is 0.257 e. The van der Waals surface area contributed by atoms with Crippen molar-refractivity contribution in [1.29, 1.82) is 0 Å². The molecule has 0 radical (unpaired) electrons. The first-order valence-corrected chi connectivity index (χ1v) is 6.68. The predicted molar refractivity (Wildman–Crippen MR) is 66.4 cm³/mol. The summed E-state index contributed by atoms with van der Waals surface area (Å²) in [5.41, 5.74) is 1.65. The lowest BCUT2D eigenvalue weighted by Gasteiger charge is -2.35. The third kappa shape index (κ3) is 1.82. The van der Waals surface area contributed by atoms with Gasteiger partial charge in [0.15, 0.2) is 0 Å². The molecule has 1 saturated carbocycles. The van der Waals surface area contributed by atoms with Crippen LogP contribution in [0, 0.1) is 6.92 Å². The topological polar surface area (TPSA) is 58.4 Å². The minimum atomic E-state index is -0.348. The monoisotopic (exact) mass is 249 g/mol. The summed E-state index contributed by atoms with van der Waals surface area (Å²) in [4.78, 5) is 13.9. The van der Waals surface area contributed by atoms with Crippen molar-refractivity contribution in [3.05, 3.63) is 17.5 Å². The van der Waals surface area contributed by atoms with Gasteiger partial charge in [-0.3, -0.25) is 9.48 Å². The quantitative estimate of drug-likeness (QED) is 0.854. The lowest BCUT2D eigenvalue weighted by Crippen LogP contribution is -2.53. The Balaban J connectivity index is 1.78. The SMILES string of the molecule is Cc1c(C(=O)N2CC(O)C2)cnn1C1CCCC1. The lowest BCUT2D eigenvalue weighted by molar-refractivity contribution is 0.00582. The molecule has 1 aliphatic carbocycles. The largest absolute Gasteiger partial charge is 0.389 e. The van der Waals surface area contributed by atoms with Crippen molar-refractivity contribution in [1.82, 2.24) is 14.7 Å². The number of β-amino-alcohol motifs (C(OH)–C–C–N with tert-alkyl or cyclic N) is 1. The van der Waals surface area contributed by atoms with Gasteiger partial charge in [0.1, 0.15) is 0 Å². The molecule has 0 bridgehead atoms. The second-order valence-corrected chi connectivity index (χ2v) is 5.39. The van der Waals surface area contributed by atoms with Gasteiger partial charge in [0.25, 0.3) is 5.91 Å². The van der Waals surface area contributed by atoms with Gasteiger partial charge in [-0.1, -0.05) is 12.8 Å². The number of rotatable bonds is 2. The second-order valence-electron chi connectivity index (χ2n) is 5.39. The molecule has 1 aromatic heterocycles. The highest BCUT2D eigenvalue weighted by molar-refractivity contribution is 5.95. The molecular weight excluding hydrogens is 230 g/mol. The van der Waals surface area contributed by atoms with Gasteiger partial charge in [-0.2, -0.15) is 5.10 Å². The maximum atomic E-state index is 12.2. The summed E-state index contributed by atoms with van der Waals surface area (Å²) >= 11 is 0. The molecule has 3 rings (SSSR count). The summed E-state index contributed by atoms with van der Waals surface area (Å²) in [5.74, 6) is 0.00190. The fraction of sp³-hybridized carbons (Fsp3) is 0.692. The van der Waals surface area contributed by atoms with Crippen molar-refractivity contribution in [2.24, 2.45) is 0 Å². The number of aromatic nitrogens is 2. The smallest absolute Gasteiger partial charge is 0.257 e. The molecule has 98 valence electrons. The third-order valence-corrected chi connectivity index (χ3v) is 4.10. The Labute approximate surface area is 106 Å². The molecule has 2 aliphatic rings. The molecule has 0 unspecified atom stereocenters. The molecular formula is C13H19N3O2. The van der Waals surface area contributed by atoms with Crippen LogP contribution in [0.3, 0.4) is 0 Å². The van der Waals surface area contributed by atoms with Crippen LogP contribution < -0.4 is 0 Å². The fourth-order valence-electron chi connectivity index (χ4n) is 2.94. The minimum Gasteiger partial charge on any atom is -0.389 e. The third-order valence-electron chi connectivity index (χ3n) is 4.10. The zero-order chi connectivity index (χ0) is 12.7. The number of aliphatic hydroxyl groups excluding tert-OH is 1. The summed E-state index contributed by atoms with van der Waals surface area (Å²) in [7, 11) is 0. The van der Waals surface area contributed by atoms with Crippen molar-refractivity contribution in [2.45, 2.75) is 44.8 Å². The van der Waals surface area contributed by atoms with Crippen LogP contribution in [0.5, 0.6) is 0 Å². The first kappa shape index (κ1) is 11.7. The lowest BCUT2D eigenvalue weighted by atomic mass is 10.1. The van der Waals surface area contributed by atoms with Crippen molar-refractivity contribution < 1.29 is 9.90 Å². The van der Waals surface area contributed by atoms with E-state index in [2.05, 4.69) is 5.10 Å². The zero-order valence-electron chi connectivity index (χ0n) is 10.7. The number of amides is 1. The van der Waals surface area contributed by atoms with Crippen molar-refractivity contribution >= 4 is 5.91 Å². The molecule has 1 aliphatic heterocycles. The molecule has 0 aromatic carbocycles. The van der Waals surface area contributed by atoms with Crippen LogP contribution in [0.2, 0.25) is 0 Å². The van der Waals surface area contributed by atoms with Gasteiger partial charge in [0.05, 0.1) is 23.9 Å². The number of carbonyl (C=O) groups excluding carboxylic acids is 1. The number of hydrogen-bond donors (Lipinski definition) is 1. The Bertz CT molecular complexity index is 457. The Hall–Kier alpha value is -1.36. The van der Waals surface area contributed by atoms with Crippen LogP contribution >= 0.6 is 0 Å². The highest BCUT2D eigenvalue weighted by Gasteiger charge is 2.32. The summed E-state index contributed by atoms with van der Waals surface area (Å²) in [6.45, 7) is 2.87. The number of likely N-dealkylation sites (tertiary alicyclic amines) is 1. The van der Waals surface area contributed by atoms with E-state index in [0.29, 0.717) is 24.7 Å². The molecule has 2 heterocycles. The highest BCUT2D eigenvalue weighted by Crippen LogP contribution is 2.30. The van der Waals surface area contributed by atoms with E-state index in [-0.39, 0.29) is 12.0 Å². The van der Waals surface area contributed by atoms with Gasteiger partial charge < -0.3 is 10.0 Å². The average molecular weight is 249 g/mol. The summed E-state index contributed by atoms with van der Waals surface area (Å²) < 4.78 is 2.01. The Kier molecular flexibility index (Phi) is 2.86. The molecule has 1 saturated heterocycles. The van der Waals surface area contributed by atoms with E-state index in [1.807, 2.05) is 11.6 Å². The first-order valence-electron chi connectivity index (χ1n) is 6.68. The van der Waals surface area contributed by atoms with Gasteiger partial charge in [-0.25, -0.2) is 0 Å². The van der Waals surface area contributed by atoms with Gasteiger partial charge in [-0.05, 0) is 19.8 Å². The Morgan fingerprint density at radius 3 is 2.67 bits per heavy atom. The zero-order valence-corrected chi connectivity index (χ0v) is 10.7. The van der Waals surface area contributed by atoms with Crippen LogP contribution in [0.1, 0.15) is 47.8 Å². The number of nitrogens with zero attached hydrogens (tertiary/aromatic N) is 3. The molecule has 1 amide bonds. The predicted octanol–water partition coefficient (Wildman–Crippen LogP) is 1.12.